The molecule has 0 radical (unpaired) electrons. The lowest BCUT2D eigenvalue weighted by atomic mass is 9.96. The Kier molecular flexibility index (Phi) is 6.10. The van der Waals surface area contributed by atoms with Crippen LogP contribution >= 0.6 is 0 Å². The van der Waals surface area contributed by atoms with Gasteiger partial charge in [0, 0.05) is 17.6 Å². The summed E-state index contributed by atoms with van der Waals surface area (Å²) in [6, 6.07) is 16.6. The summed E-state index contributed by atoms with van der Waals surface area (Å²) in [6.45, 7) is 3.79. The van der Waals surface area contributed by atoms with E-state index in [0.717, 1.165) is 19.3 Å². The monoisotopic (exact) mass is 376 g/mol. The minimum Gasteiger partial charge on any atom is -0.452 e. The van der Waals surface area contributed by atoms with E-state index in [0.29, 0.717) is 22.3 Å². The normalized spacial score (nSPS) is 19.0. The number of carbonyl (C=O) groups is 2. The predicted molar refractivity (Wildman–Crippen MR) is 106 cm³/mol. The van der Waals surface area contributed by atoms with Gasteiger partial charge in [-0.25, -0.2) is 4.79 Å². The molecule has 28 heavy (non-hydrogen) atoms. The van der Waals surface area contributed by atoms with Crippen molar-refractivity contribution in [2.75, 3.05) is 6.61 Å². The number of benzene rings is 2. The van der Waals surface area contributed by atoms with Crippen LogP contribution < -0.4 is 0 Å². The molecule has 1 heterocycles. The molecular formula is C23H24N2O3. The SMILES string of the molecule is CC1CCCC(C)N1C(=O)COC(=O)c1ccccc1-c1ccccc1C#N. The highest BCUT2D eigenvalue weighted by molar-refractivity contribution is 5.99. The van der Waals surface area contributed by atoms with Gasteiger partial charge in [0.1, 0.15) is 0 Å². The van der Waals surface area contributed by atoms with E-state index in [4.69, 9.17) is 4.74 Å². The van der Waals surface area contributed by atoms with Crippen LogP contribution in [0.2, 0.25) is 0 Å². The number of nitriles is 1. The van der Waals surface area contributed by atoms with Gasteiger partial charge in [0.15, 0.2) is 6.61 Å². The van der Waals surface area contributed by atoms with Gasteiger partial charge in [0.2, 0.25) is 0 Å². The topological polar surface area (TPSA) is 70.4 Å². The second-order valence-electron chi connectivity index (χ2n) is 7.21. The molecule has 2 unspecified atom stereocenters. The van der Waals surface area contributed by atoms with Crippen LogP contribution in [-0.4, -0.2) is 35.5 Å². The Hall–Kier alpha value is -3.13. The Morgan fingerprint density at radius 2 is 1.64 bits per heavy atom. The first-order valence-electron chi connectivity index (χ1n) is 9.59. The molecule has 144 valence electrons. The van der Waals surface area contributed by atoms with Crippen molar-refractivity contribution >= 4 is 11.9 Å². The van der Waals surface area contributed by atoms with Gasteiger partial charge in [-0.05, 0) is 50.8 Å². The van der Waals surface area contributed by atoms with Crippen LogP contribution in [-0.2, 0) is 9.53 Å². The zero-order valence-corrected chi connectivity index (χ0v) is 16.2. The number of nitrogens with zero attached hydrogens (tertiary/aromatic N) is 2. The number of carbonyl (C=O) groups excluding carboxylic acids is 2. The average Bonchev–Trinajstić information content (AvgIpc) is 2.71. The number of hydrogen-bond acceptors (Lipinski definition) is 4. The highest BCUT2D eigenvalue weighted by Crippen LogP contribution is 2.27. The zero-order chi connectivity index (χ0) is 20.1. The highest BCUT2D eigenvalue weighted by atomic mass is 16.5. The molecule has 0 aromatic heterocycles. The number of likely N-dealkylation sites (tertiary alicyclic amines) is 1. The Bertz CT molecular complexity index is 906. The summed E-state index contributed by atoms with van der Waals surface area (Å²) in [6.07, 6.45) is 3.05. The third-order valence-electron chi connectivity index (χ3n) is 5.29. The van der Waals surface area contributed by atoms with Gasteiger partial charge in [-0.15, -0.1) is 0 Å². The fraction of sp³-hybridized carbons (Fsp3) is 0.348. The molecule has 1 amide bonds. The van der Waals surface area contributed by atoms with Gasteiger partial charge < -0.3 is 9.64 Å². The van der Waals surface area contributed by atoms with E-state index in [1.165, 1.54) is 0 Å². The van der Waals surface area contributed by atoms with Crippen molar-refractivity contribution in [2.45, 2.75) is 45.2 Å². The minimum atomic E-state index is -0.561. The molecule has 3 rings (SSSR count). The largest absolute Gasteiger partial charge is 0.452 e. The third-order valence-corrected chi connectivity index (χ3v) is 5.29. The van der Waals surface area contributed by atoms with E-state index in [9.17, 15) is 14.9 Å². The second-order valence-corrected chi connectivity index (χ2v) is 7.21. The number of piperidine rings is 1. The Labute approximate surface area is 165 Å². The molecule has 2 aromatic carbocycles. The van der Waals surface area contributed by atoms with Crippen LogP contribution in [0.5, 0.6) is 0 Å². The molecule has 2 aromatic rings. The van der Waals surface area contributed by atoms with E-state index < -0.39 is 5.97 Å². The van der Waals surface area contributed by atoms with Crippen molar-refractivity contribution in [1.82, 2.24) is 4.90 Å². The summed E-state index contributed by atoms with van der Waals surface area (Å²) in [5, 5.41) is 9.36. The lowest BCUT2D eigenvalue weighted by Gasteiger charge is -2.38. The molecule has 1 aliphatic rings. The maximum Gasteiger partial charge on any atom is 0.339 e. The average molecular weight is 376 g/mol. The molecule has 5 heteroatoms. The molecule has 0 bridgehead atoms. The lowest BCUT2D eigenvalue weighted by molar-refractivity contribution is -0.140. The molecule has 1 fully saturated rings. The summed E-state index contributed by atoms with van der Waals surface area (Å²) in [5.74, 6) is -0.725. The summed E-state index contributed by atoms with van der Waals surface area (Å²) in [5.41, 5.74) is 2.12. The van der Waals surface area contributed by atoms with Crippen molar-refractivity contribution < 1.29 is 14.3 Å². The van der Waals surface area contributed by atoms with Crippen molar-refractivity contribution in [3.63, 3.8) is 0 Å². The van der Waals surface area contributed by atoms with E-state index in [1.807, 2.05) is 30.9 Å². The fourth-order valence-electron chi connectivity index (χ4n) is 3.90. The third kappa shape index (κ3) is 4.07. The summed E-state index contributed by atoms with van der Waals surface area (Å²) >= 11 is 0. The molecule has 2 atom stereocenters. The van der Waals surface area contributed by atoms with Crippen molar-refractivity contribution in [3.05, 3.63) is 59.7 Å². The second kappa shape index (κ2) is 8.71. The van der Waals surface area contributed by atoms with E-state index in [1.54, 1.807) is 36.4 Å². The lowest BCUT2D eigenvalue weighted by Crippen LogP contribution is -2.49. The standard InChI is InChI=1S/C23H24N2O3/c1-16-8-7-9-17(2)25(16)22(26)15-28-23(27)21-13-6-5-12-20(21)19-11-4-3-10-18(19)14-24/h3-6,10-13,16-17H,7-9,15H2,1-2H3. The zero-order valence-electron chi connectivity index (χ0n) is 16.2. The molecule has 0 aliphatic carbocycles. The number of hydrogen-bond donors (Lipinski definition) is 0. The molecule has 1 saturated heterocycles. The van der Waals surface area contributed by atoms with Crippen LogP contribution in [0, 0.1) is 11.3 Å². The van der Waals surface area contributed by atoms with Crippen molar-refractivity contribution in [3.8, 4) is 17.2 Å². The molecule has 0 N–H and O–H groups in total. The quantitative estimate of drug-likeness (QED) is 0.751. The number of ether oxygens (including phenoxy) is 1. The molecule has 5 nitrogen and oxygen atoms in total. The van der Waals surface area contributed by atoms with Gasteiger partial charge in [0.25, 0.3) is 5.91 Å². The van der Waals surface area contributed by atoms with Gasteiger partial charge in [0.05, 0.1) is 17.2 Å². The fourth-order valence-corrected chi connectivity index (χ4v) is 3.90. The maximum absolute atomic E-state index is 12.7. The summed E-state index contributed by atoms with van der Waals surface area (Å²) < 4.78 is 5.36. The van der Waals surface area contributed by atoms with Gasteiger partial charge >= 0.3 is 5.97 Å². The predicted octanol–water partition coefficient (Wildman–Crippen LogP) is 4.17. The first-order valence-corrected chi connectivity index (χ1v) is 9.59. The Morgan fingerprint density at radius 1 is 1.04 bits per heavy atom. The Balaban J connectivity index is 1.77. The Morgan fingerprint density at radius 3 is 2.32 bits per heavy atom. The first kappa shape index (κ1) is 19.6. The van der Waals surface area contributed by atoms with Gasteiger partial charge in [-0.1, -0.05) is 36.4 Å². The van der Waals surface area contributed by atoms with Gasteiger partial charge in [-0.3, -0.25) is 4.79 Å². The van der Waals surface area contributed by atoms with Crippen LogP contribution in [0.15, 0.2) is 48.5 Å². The van der Waals surface area contributed by atoms with E-state index in [2.05, 4.69) is 6.07 Å². The highest BCUT2D eigenvalue weighted by Gasteiger charge is 2.29. The van der Waals surface area contributed by atoms with Gasteiger partial charge in [-0.2, -0.15) is 5.26 Å². The van der Waals surface area contributed by atoms with Crippen LogP contribution in [0.3, 0.4) is 0 Å². The smallest absolute Gasteiger partial charge is 0.339 e. The summed E-state index contributed by atoms with van der Waals surface area (Å²) in [7, 11) is 0. The van der Waals surface area contributed by atoms with Crippen molar-refractivity contribution in [2.24, 2.45) is 0 Å². The van der Waals surface area contributed by atoms with E-state index in [-0.39, 0.29) is 24.6 Å². The molecule has 0 saturated carbocycles. The van der Waals surface area contributed by atoms with Crippen LogP contribution in [0.4, 0.5) is 0 Å². The molecule has 0 spiro atoms. The number of rotatable bonds is 4. The van der Waals surface area contributed by atoms with Crippen LogP contribution in [0.1, 0.15) is 49.0 Å². The van der Waals surface area contributed by atoms with Crippen molar-refractivity contribution in [1.29, 1.82) is 5.26 Å². The number of esters is 1. The maximum atomic E-state index is 12.7. The minimum absolute atomic E-state index is 0.157. The first-order chi connectivity index (χ1) is 13.5. The molecular weight excluding hydrogens is 352 g/mol. The molecule has 1 aliphatic heterocycles. The summed E-state index contributed by atoms with van der Waals surface area (Å²) in [4.78, 5) is 27.2. The van der Waals surface area contributed by atoms with Crippen LogP contribution in [0.25, 0.3) is 11.1 Å². The number of amides is 1. The van der Waals surface area contributed by atoms with E-state index >= 15 is 0 Å².